The zero-order valence-electron chi connectivity index (χ0n) is 13.7. The van der Waals surface area contributed by atoms with Gasteiger partial charge in [-0.3, -0.25) is 0 Å². The van der Waals surface area contributed by atoms with Gasteiger partial charge in [0.25, 0.3) is 0 Å². The van der Waals surface area contributed by atoms with Crippen molar-refractivity contribution in [3.63, 3.8) is 0 Å². The highest BCUT2D eigenvalue weighted by molar-refractivity contribution is 7.22. The van der Waals surface area contributed by atoms with Gasteiger partial charge in [0.15, 0.2) is 5.13 Å². The molecule has 3 heteroatoms. The fourth-order valence-corrected chi connectivity index (χ4v) is 2.56. The number of anilines is 1. The van der Waals surface area contributed by atoms with Gasteiger partial charge in [0.1, 0.15) is 0 Å². The molecule has 2 nitrogen and oxygen atoms in total. The molecule has 0 spiro atoms. The second-order valence-corrected chi connectivity index (χ2v) is 5.84. The van der Waals surface area contributed by atoms with Crippen LogP contribution in [0.25, 0.3) is 10.2 Å². The van der Waals surface area contributed by atoms with E-state index in [9.17, 15) is 0 Å². The third-order valence-electron chi connectivity index (χ3n) is 2.80. The molecule has 1 N–H and O–H groups in total. The van der Waals surface area contributed by atoms with Gasteiger partial charge in [0, 0.05) is 6.54 Å². The molecule has 0 saturated heterocycles. The molecular formula is C18H26N2S. The molecule has 0 unspecified atom stereocenters. The first-order valence-electron chi connectivity index (χ1n) is 7.62. The second-order valence-electron chi connectivity index (χ2n) is 4.81. The minimum absolute atomic E-state index is 0.581. The van der Waals surface area contributed by atoms with E-state index in [4.69, 9.17) is 0 Å². The van der Waals surface area contributed by atoms with Gasteiger partial charge in [0.05, 0.1) is 10.2 Å². The van der Waals surface area contributed by atoms with E-state index in [1.807, 2.05) is 32.0 Å². The first kappa shape index (κ1) is 17.4. The van der Waals surface area contributed by atoms with Gasteiger partial charge in [-0.15, -0.1) is 0 Å². The number of benzene rings is 1. The summed E-state index contributed by atoms with van der Waals surface area (Å²) >= 11 is 1.70. The predicted octanol–water partition coefficient (Wildman–Crippen LogP) is 5.89. The van der Waals surface area contributed by atoms with Crippen LogP contribution in [-0.4, -0.2) is 11.5 Å². The average Bonchev–Trinajstić information content (AvgIpc) is 2.92. The molecule has 0 aliphatic rings. The SMILES string of the molecule is C/C=C(\C=C/C(C)C)CNc1nc2ccccc2s1.CC. The minimum Gasteiger partial charge on any atom is -0.357 e. The molecule has 0 bridgehead atoms. The molecule has 0 aliphatic carbocycles. The Hall–Kier alpha value is -1.61. The molecule has 114 valence electrons. The highest BCUT2D eigenvalue weighted by Gasteiger charge is 2.02. The van der Waals surface area contributed by atoms with Crippen molar-refractivity contribution in [1.82, 2.24) is 4.98 Å². The van der Waals surface area contributed by atoms with Gasteiger partial charge in [-0.1, -0.05) is 69.4 Å². The van der Waals surface area contributed by atoms with Gasteiger partial charge < -0.3 is 5.32 Å². The van der Waals surface area contributed by atoms with Crippen LogP contribution in [0.3, 0.4) is 0 Å². The molecule has 0 amide bonds. The van der Waals surface area contributed by atoms with Crippen LogP contribution >= 0.6 is 11.3 Å². The maximum Gasteiger partial charge on any atom is 0.184 e. The van der Waals surface area contributed by atoms with Crippen molar-refractivity contribution >= 4 is 26.7 Å². The number of hydrogen-bond donors (Lipinski definition) is 1. The summed E-state index contributed by atoms with van der Waals surface area (Å²) in [5, 5.41) is 4.38. The standard InChI is InChI=1S/C16H20N2S.C2H6/c1-4-13(10-9-12(2)3)11-17-16-18-14-7-5-6-8-15(14)19-16;1-2/h4-10,12H,11H2,1-3H3,(H,17,18);1-2H3/b10-9-,13-4+;. The summed E-state index contributed by atoms with van der Waals surface area (Å²) in [5.41, 5.74) is 2.35. The predicted molar refractivity (Wildman–Crippen MR) is 97.2 cm³/mol. The first-order chi connectivity index (χ1) is 10.2. The molecule has 2 aromatic rings. The van der Waals surface area contributed by atoms with E-state index in [0.717, 1.165) is 17.2 Å². The topological polar surface area (TPSA) is 24.9 Å². The largest absolute Gasteiger partial charge is 0.357 e. The van der Waals surface area contributed by atoms with Crippen molar-refractivity contribution in [3.05, 3.63) is 48.1 Å². The Morgan fingerprint density at radius 1 is 1.29 bits per heavy atom. The Kier molecular flexibility index (Phi) is 7.76. The van der Waals surface area contributed by atoms with E-state index in [1.54, 1.807) is 11.3 Å². The first-order valence-corrected chi connectivity index (χ1v) is 8.43. The number of nitrogens with one attached hydrogen (secondary N) is 1. The Morgan fingerprint density at radius 2 is 2.00 bits per heavy atom. The Balaban J connectivity index is 0.00000106. The fourth-order valence-electron chi connectivity index (χ4n) is 1.70. The number of hydrogen-bond acceptors (Lipinski definition) is 3. The van der Waals surface area contributed by atoms with E-state index in [-0.39, 0.29) is 0 Å². The van der Waals surface area contributed by atoms with Gasteiger partial charge in [-0.2, -0.15) is 0 Å². The fraction of sp³-hybridized carbons (Fsp3) is 0.389. The monoisotopic (exact) mass is 302 g/mol. The smallest absolute Gasteiger partial charge is 0.184 e. The lowest BCUT2D eigenvalue weighted by atomic mass is 10.1. The van der Waals surface area contributed by atoms with Crippen LogP contribution in [0.1, 0.15) is 34.6 Å². The van der Waals surface area contributed by atoms with Crippen LogP contribution in [-0.2, 0) is 0 Å². The van der Waals surface area contributed by atoms with Crippen LogP contribution < -0.4 is 5.32 Å². The van der Waals surface area contributed by atoms with E-state index < -0.39 is 0 Å². The van der Waals surface area contributed by atoms with Gasteiger partial charge in [0.2, 0.25) is 0 Å². The third kappa shape index (κ3) is 5.72. The molecule has 2 rings (SSSR count). The number of rotatable bonds is 5. The molecule has 21 heavy (non-hydrogen) atoms. The Morgan fingerprint density at radius 3 is 2.62 bits per heavy atom. The third-order valence-corrected chi connectivity index (χ3v) is 3.80. The molecule has 1 heterocycles. The summed E-state index contributed by atoms with van der Waals surface area (Å²) < 4.78 is 1.23. The van der Waals surface area contributed by atoms with Crippen LogP contribution in [0, 0.1) is 5.92 Å². The lowest BCUT2D eigenvalue weighted by molar-refractivity contribution is 0.830. The molecule has 1 aromatic carbocycles. The number of allylic oxidation sites excluding steroid dienone is 2. The zero-order chi connectivity index (χ0) is 15.7. The molecule has 0 atom stereocenters. The van der Waals surface area contributed by atoms with E-state index in [1.165, 1.54) is 10.3 Å². The maximum atomic E-state index is 4.57. The summed E-state index contributed by atoms with van der Waals surface area (Å²) in [6, 6.07) is 8.22. The number of nitrogens with zero attached hydrogens (tertiary/aromatic N) is 1. The summed E-state index contributed by atoms with van der Waals surface area (Å²) in [6.45, 7) is 11.3. The number of thiazole rings is 1. The molecule has 0 saturated carbocycles. The lowest BCUT2D eigenvalue weighted by Crippen LogP contribution is -2.02. The van der Waals surface area contributed by atoms with Crippen molar-refractivity contribution in [3.8, 4) is 0 Å². The van der Waals surface area contributed by atoms with E-state index in [0.29, 0.717) is 5.92 Å². The van der Waals surface area contributed by atoms with Crippen molar-refractivity contribution in [1.29, 1.82) is 0 Å². The molecular weight excluding hydrogens is 276 g/mol. The van der Waals surface area contributed by atoms with Crippen molar-refractivity contribution in [2.24, 2.45) is 5.92 Å². The Labute approximate surface area is 132 Å². The van der Waals surface area contributed by atoms with Crippen molar-refractivity contribution in [2.75, 3.05) is 11.9 Å². The number of aromatic nitrogens is 1. The van der Waals surface area contributed by atoms with Gasteiger partial charge in [-0.05, 0) is 30.5 Å². The van der Waals surface area contributed by atoms with Crippen molar-refractivity contribution < 1.29 is 0 Å². The highest BCUT2D eigenvalue weighted by atomic mass is 32.1. The summed E-state index contributed by atoms with van der Waals surface area (Å²) in [4.78, 5) is 4.57. The van der Waals surface area contributed by atoms with Crippen LogP contribution in [0.5, 0.6) is 0 Å². The van der Waals surface area contributed by atoms with E-state index >= 15 is 0 Å². The average molecular weight is 302 g/mol. The number of fused-ring (bicyclic) bond motifs is 1. The van der Waals surface area contributed by atoms with Crippen LogP contribution in [0.4, 0.5) is 5.13 Å². The zero-order valence-corrected chi connectivity index (χ0v) is 14.5. The quantitative estimate of drug-likeness (QED) is 0.696. The molecule has 0 fully saturated rings. The lowest BCUT2D eigenvalue weighted by Gasteiger charge is -2.03. The molecule has 0 radical (unpaired) electrons. The normalized spacial score (nSPS) is 11.8. The summed E-state index contributed by atoms with van der Waals surface area (Å²) in [5.74, 6) is 0.581. The summed E-state index contributed by atoms with van der Waals surface area (Å²) in [6.07, 6.45) is 6.54. The van der Waals surface area contributed by atoms with Gasteiger partial charge >= 0.3 is 0 Å². The second kappa shape index (κ2) is 9.35. The summed E-state index contributed by atoms with van der Waals surface area (Å²) in [7, 11) is 0. The molecule has 0 aliphatic heterocycles. The van der Waals surface area contributed by atoms with E-state index in [2.05, 4.69) is 55.4 Å². The number of para-hydroxylation sites is 1. The molecule has 1 aromatic heterocycles. The van der Waals surface area contributed by atoms with Crippen LogP contribution in [0.15, 0.2) is 48.1 Å². The van der Waals surface area contributed by atoms with Crippen molar-refractivity contribution in [2.45, 2.75) is 34.6 Å². The highest BCUT2D eigenvalue weighted by Crippen LogP contribution is 2.25. The van der Waals surface area contributed by atoms with Crippen LogP contribution in [0.2, 0.25) is 0 Å². The minimum atomic E-state index is 0.581. The maximum absolute atomic E-state index is 4.57. The van der Waals surface area contributed by atoms with Gasteiger partial charge in [-0.25, -0.2) is 4.98 Å². The Bertz CT molecular complexity index is 561.